The van der Waals surface area contributed by atoms with Gasteiger partial charge in [-0.3, -0.25) is 9.88 Å². The van der Waals surface area contributed by atoms with Gasteiger partial charge in [-0.25, -0.2) is 9.98 Å². The molecule has 0 amide bonds. The lowest BCUT2D eigenvalue weighted by molar-refractivity contribution is 0.297. The van der Waals surface area contributed by atoms with Crippen LogP contribution >= 0.6 is 11.6 Å². The number of imidazole rings is 1. The second-order valence-electron chi connectivity index (χ2n) is 6.21. The summed E-state index contributed by atoms with van der Waals surface area (Å²) in [6.45, 7) is 1.26. The van der Waals surface area contributed by atoms with Crippen LogP contribution in [0.4, 0.5) is 5.95 Å². The highest BCUT2D eigenvalue weighted by Crippen LogP contribution is 2.39. The van der Waals surface area contributed by atoms with Crippen LogP contribution in [-0.4, -0.2) is 28.7 Å². The summed E-state index contributed by atoms with van der Waals surface area (Å²) in [6, 6.07) is 11.4. The van der Waals surface area contributed by atoms with Crippen LogP contribution in [0.2, 0.25) is 5.02 Å². The molecule has 3 N–H and O–H groups in total. The van der Waals surface area contributed by atoms with Gasteiger partial charge in [0.1, 0.15) is 0 Å². The molecule has 0 fully saturated rings. The quantitative estimate of drug-likeness (QED) is 0.688. The highest BCUT2D eigenvalue weighted by molar-refractivity contribution is 6.30. The van der Waals surface area contributed by atoms with Gasteiger partial charge in [0.15, 0.2) is 23.6 Å². The number of rotatable bonds is 1. The Hall–Kier alpha value is -2.93. The van der Waals surface area contributed by atoms with E-state index in [9.17, 15) is 0 Å². The number of nitrogens with zero attached hydrogens (tertiary/aromatic N) is 3. The molecular formula is C18H16ClN5O2. The number of aromatic nitrogens is 2. The molecule has 1 unspecified atom stereocenters. The van der Waals surface area contributed by atoms with Gasteiger partial charge in [-0.15, -0.1) is 0 Å². The Labute approximate surface area is 154 Å². The number of guanidine groups is 1. The van der Waals surface area contributed by atoms with Crippen molar-refractivity contribution in [1.82, 2.24) is 9.55 Å². The molecule has 2 aliphatic rings. The molecule has 0 saturated carbocycles. The summed E-state index contributed by atoms with van der Waals surface area (Å²) >= 11 is 6.18. The number of halogens is 1. The van der Waals surface area contributed by atoms with E-state index in [1.165, 1.54) is 0 Å². The highest BCUT2D eigenvalue weighted by Gasteiger charge is 2.27. The normalized spacial score (nSPS) is 18.7. The molecule has 0 aliphatic carbocycles. The first-order valence-corrected chi connectivity index (χ1v) is 8.74. The SMILES string of the molecule is NC1=NC(c2cccc(Cl)c2)n2c(nc3cc4c(cc32)OCCCO4)N1. The number of benzene rings is 2. The van der Waals surface area contributed by atoms with Crippen LogP contribution in [0, 0.1) is 0 Å². The van der Waals surface area contributed by atoms with Crippen LogP contribution in [0.25, 0.3) is 11.0 Å². The summed E-state index contributed by atoms with van der Waals surface area (Å²) in [6.07, 6.45) is 0.491. The Morgan fingerprint density at radius 3 is 2.77 bits per heavy atom. The third-order valence-electron chi connectivity index (χ3n) is 4.45. The second-order valence-corrected chi connectivity index (χ2v) is 6.65. The largest absolute Gasteiger partial charge is 0.489 e. The van der Waals surface area contributed by atoms with Crippen molar-refractivity contribution in [2.45, 2.75) is 12.6 Å². The lowest BCUT2D eigenvalue weighted by atomic mass is 10.1. The maximum Gasteiger partial charge on any atom is 0.212 e. The zero-order chi connectivity index (χ0) is 17.7. The summed E-state index contributed by atoms with van der Waals surface area (Å²) in [5.74, 6) is 2.35. The fourth-order valence-electron chi connectivity index (χ4n) is 3.31. The number of aliphatic imine (C=N–C) groups is 1. The van der Waals surface area contributed by atoms with E-state index >= 15 is 0 Å². The van der Waals surface area contributed by atoms with Crippen LogP contribution in [0.1, 0.15) is 18.2 Å². The van der Waals surface area contributed by atoms with Gasteiger partial charge in [0.05, 0.1) is 24.2 Å². The fourth-order valence-corrected chi connectivity index (χ4v) is 3.51. The first-order chi connectivity index (χ1) is 12.7. The number of hydrogen-bond donors (Lipinski definition) is 2. The van der Waals surface area contributed by atoms with Gasteiger partial charge in [0.2, 0.25) is 5.95 Å². The van der Waals surface area contributed by atoms with Crippen molar-refractivity contribution in [1.29, 1.82) is 0 Å². The molecule has 8 heteroatoms. The molecule has 0 radical (unpaired) electrons. The van der Waals surface area contributed by atoms with E-state index < -0.39 is 0 Å². The molecule has 0 saturated heterocycles. The Balaban J connectivity index is 1.72. The number of anilines is 1. The zero-order valence-corrected chi connectivity index (χ0v) is 14.5. The van der Waals surface area contributed by atoms with Crippen LogP contribution in [0.5, 0.6) is 11.5 Å². The highest BCUT2D eigenvalue weighted by atomic mass is 35.5. The van der Waals surface area contributed by atoms with Crippen LogP contribution in [0.3, 0.4) is 0 Å². The molecule has 26 heavy (non-hydrogen) atoms. The maximum atomic E-state index is 6.18. The predicted molar refractivity (Wildman–Crippen MR) is 100 cm³/mol. The first-order valence-electron chi connectivity index (χ1n) is 8.36. The van der Waals surface area contributed by atoms with E-state index in [-0.39, 0.29) is 6.17 Å². The van der Waals surface area contributed by atoms with E-state index in [4.69, 9.17) is 26.8 Å². The number of fused-ring (bicyclic) bond motifs is 4. The minimum Gasteiger partial charge on any atom is -0.489 e. The lowest BCUT2D eigenvalue weighted by Crippen LogP contribution is -2.31. The summed E-state index contributed by atoms with van der Waals surface area (Å²) in [5.41, 5.74) is 8.58. The van der Waals surface area contributed by atoms with Crippen molar-refractivity contribution in [2.24, 2.45) is 10.7 Å². The van der Waals surface area contributed by atoms with Crippen molar-refractivity contribution in [3.63, 3.8) is 0 Å². The summed E-state index contributed by atoms with van der Waals surface area (Å²) in [7, 11) is 0. The van der Waals surface area contributed by atoms with Crippen LogP contribution in [0.15, 0.2) is 41.4 Å². The van der Waals surface area contributed by atoms with Crippen LogP contribution < -0.4 is 20.5 Å². The Kier molecular flexibility index (Phi) is 3.43. The number of ether oxygens (including phenoxy) is 2. The summed E-state index contributed by atoms with van der Waals surface area (Å²) in [4.78, 5) is 9.23. The Bertz CT molecular complexity index is 1050. The molecule has 2 aromatic carbocycles. The van der Waals surface area contributed by atoms with E-state index in [1.54, 1.807) is 0 Å². The van der Waals surface area contributed by atoms with Crippen LogP contribution in [-0.2, 0) is 0 Å². The Morgan fingerprint density at radius 1 is 1.15 bits per heavy atom. The third kappa shape index (κ3) is 2.43. The topological polar surface area (TPSA) is 86.7 Å². The van der Waals surface area contributed by atoms with Gasteiger partial charge < -0.3 is 15.2 Å². The lowest BCUT2D eigenvalue weighted by Gasteiger charge is -2.24. The minimum atomic E-state index is -0.361. The van der Waals surface area contributed by atoms with Crippen molar-refractivity contribution >= 4 is 34.5 Å². The van der Waals surface area contributed by atoms with E-state index in [0.717, 1.165) is 23.0 Å². The number of nitrogens with two attached hydrogens (primary N) is 1. The molecular weight excluding hydrogens is 354 g/mol. The van der Waals surface area contributed by atoms with Gasteiger partial charge >= 0.3 is 0 Å². The first kappa shape index (κ1) is 15.3. The van der Waals surface area contributed by atoms with Crippen molar-refractivity contribution in [3.8, 4) is 11.5 Å². The second kappa shape index (κ2) is 5.81. The Morgan fingerprint density at radius 2 is 1.96 bits per heavy atom. The maximum absolute atomic E-state index is 6.18. The number of nitrogens with one attached hydrogen (secondary N) is 1. The predicted octanol–water partition coefficient (Wildman–Crippen LogP) is 3.14. The van der Waals surface area contributed by atoms with Crippen molar-refractivity contribution < 1.29 is 9.47 Å². The molecule has 1 aromatic heterocycles. The van der Waals surface area contributed by atoms with E-state index in [2.05, 4.69) is 15.3 Å². The van der Waals surface area contributed by atoms with Gasteiger partial charge in [0.25, 0.3) is 0 Å². The monoisotopic (exact) mass is 369 g/mol. The smallest absolute Gasteiger partial charge is 0.212 e. The zero-order valence-electron chi connectivity index (χ0n) is 13.8. The molecule has 0 bridgehead atoms. The van der Waals surface area contributed by atoms with Gasteiger partial charge in [-0.05, 0) is 17.7 Å². The molecule has 3 aromatic rings. The summed E-state index contributed by atoms with van der Waals surface area (Å²) < 4.78 is 13.6. The van der Waals surface area contributed by atoms with Crippen molar-refractivity contribution in [3.05, 3.63) is 47.0 Å². The third-order valence-corrected chi connectivity index (χ3v) is 4.69. The molecule has 0 spiro atoms. The van der Waals surface area contributed by atoms with Gasteiger partial charge in [-0.1, -0.05) is 23.7 Å². The average molecular weight is 370 g/mol. The molecule has 5 rings (SSSR count). The van der Waals surface area contributed by atoms with E-state index in [1.807, 2.05) is 41.0 Å². The molecule has 3 heterocycles. The van der Waals surface area contributed by atoms with Gasteiger partial charge in [-0.2, -0.15) is 0 Å². The average Bonchev–Trinajstić information content (AvgIpc) is 2.81. The van der Waals surface area contributed by atoms with Gasteiger partial charge in [0, 0.05) is 23.6 Å². The molecule has 132 valence electrons. The molecule has 1 atom stereocenters. The fraction of sp³-hybridized carbons (Fsp3) is 0.222. The summed E-state index contributed by atoms with van der Waals surface area (Å²) in [5, 5.41) is 3.68. The van der Waals surface area contributed by atoms with Crippen molar-refractivity contribution in [2.75, 3.05) is 18.5 Å². The molecule has 2 aliphatic heterocycles. The van der Waals surface area contributed by atoms with E-state index in [0.29, 0.717) is 41.6 Å². The molecule has 7 nitrogen and oxygen atoms in total. The number of hydrogen-bond acceptors (Lipinski definition) is 6. The minimum absolute atomic E-state index is 0.312. The standard InChI is InChI=1S/C18H16ClN5O2/c19-11-4-1-3-10(7-11)16-22-17(20)23-18-21-12-8-14-15(9-13(12)24(16)18)26-6-2-5-25-14/h1,3-4,7-9,16H,2,5-6H2,(H3,20,21,22,23).